The second-order valence-electron chi connectivity index (χ2n) is 5.26. The lowest BCUT2D eigenvalue weighted by molar-refractivity contribution is 0.466. The van der Waals surface area contributed by atoms with Crippen molar-refractivity contribution >= 4 is 11.5 Å². The second-order valence-corrected chi connectivity index (χ2v) is 5.26. The van der Waals surface area contributed by atoms with Crippen LogP contribution in [0.4, 0.5) is 11.5 Å². The predicted molar refractivity (Wildman–Crippen MR) is 66.2 cm³/mol. The first-order chi connectivity index (χ1) is 8.23. The highest BCUT2D eigenvalue weighted by Gasteiger charge is 2.53. The van der Waals surface area contributed by atoms with Gasteiger partial charge in [-0.3, -0.25) is 0 Å². The average Bonchev–Trinajstić information content (AvgIpc) is 3.18. The number of pyridine rings is 1. The Morgan fingerprint density at radius 3 is 2.82 bits per heavy atom. The molecule has 2 saturated carbocycles. The Kier molecular flexibility index (Phi) is 2.22. The molecule has 0 radical (unpaired) electrons. The number of anilines is 2. The van der Waals surface area contributed by atoms with Crippen LogP contribution in [0.25, 0.3) is 0 Å². The zero-order valence-corrected chi connectivity index (χ0v) is 9.74. The molecule has 3 rings (SSSR count). The maximum absolute atomic E-state index is 8.74. The molecular weight excluding hydrogens is 212 g/mol. The zero-order chi connectivity index (χ0) is 11.9. The monoisotopic (exact) mass is 228 g/mol. The lowest BCUT2D eigenvalue weighted by Gasteiger charge is -2.16. The van der Waals surface area contributed by atoms with E-state index in [1.807, 2.05) is 6.07 Å². The van der Waals surface area contributed by atoms with Gasteiger partial charge in [0.25, 0.3) is 0 Å². The predicted octanol–water partition coefficient (Wildman–Crippen LogP) is 2.14. The maximum atomic E-state index is 8.74. The molecular formula is C13H16N4. The molecule has 2 fully saturated rings. The number of hydrogen-bond acceptors (Lipinski definition) is 4. The van der Waals surface area contributed by atoms with Crippen molar-refractivity contribution < 1.29 is 0 Å². The molecule has 1 aromatic heterocycles. The van der Waals surface area contributed by atoms with E-state index in [4.69, 9.17) is 11.0 Å². The van der Waals surface area contributed by atoms with E-state index >= 15 is 0 Å². The third-order valence-corrected chi connectivity index (χ3v) is 3.99. The van der Waals surface area contributed by atoms with Gasteiger partial charge in [-0.2, -0.15) is 5.26 Å². The van der Waals surface area contributed by atoms with Crippen LogP contribution in [-0.2, 0) is 0 Å². The molecule has 3 N–H and O–H groups in total. The van der Waals surface area contributed by atoms with Gasteiger partial charge in [-0.05, 0) is 43.1 Å². The van der Waals surface area contributed by atoms with Crippen LogP contribution in [0, 0.1) is 22.7 Å². The SMILES string of the molecule is N#Cc1cnc(NCC2(C3CC3)CC2)c(N)c1. The van der Waals surface area contributed by atoms with Gasteiger partial charge in [0, 0.05) is 12.7 Å². The summed E-state index contributed by atoms with van der Waals surface area (Å²) in [5, 5.41) is 12.1. The van der Waals surface area contributed by atoms with Crippen LogP contribution in [0.5, 0.6) is 0 Å². The molecule has 88 valence electrons. The number of rotatable bonds is 4. The third-order valence-electron chi connectivity index (χ3n) is 3.99. The van der Waals surface area contributed by atoms with Gasteiger partial charge in [0.2, 0.25) is 0 Å². The number of hydrogen-bond donors (Lipinski definition) is 2. The van der Waals surface area contributed by atoms with Crippen molar-refractivity contribution in [2.75, 3.05) is 17.6 Å². The van der Waals surface area contributed by atoms with E-state index in [1.54, 1.807) is 12.3 Å². The molecule has 0 atom stereocenters. The largest absolute Gasteiger partial charge is 0.396 e. The van der Waals surface area contributed by atoms with Crippen LogP contribution in [0.15, 0.2) is 12.3 Å². The summed E-state index contributed by atoms with van der Waals surface area (Å²) in [5.74, 6) is 1.64. The smallest absolute Gasteiger partial charge is 0.149 e. The Morgan fingerprint density at radius 1 is 1.53 bits per heavy atom. The minimum Gasteiger partial charge on any atom is -0.396 e. The summed E-state index contributed by atoms with van der Waals surface area (Å²) < 4.78 is 0. The Labute approximate surface area is 101 Å². The fourth-order valence-corrected chi connectivity index (χ4v) is 2.54. The summed E-state index contributed by atoms with van der Waals surface area (Å²) in [4.78, 5) is 4.20. The van der Waals surface area contributed by atoms with Crippen molar-refractivity contribution in [3.8, 4) is 6.07 Å². The molecule has 0 spiro atoms. The van der Waals surface area contributed by atoms with Crippen molar-refractivity contribution in [3.63, 3.8) is 0 Å². The molecule has 0 aliphatic heterocycles. The normalized spacial score (nSPS) is 20.6. The number of nitrogens with zero attached hydrogens (tertiary/aromatic N) is 2. The summed E-state index contributed by atoms with van der Waals surface area (Å²) in [6.07, 6.45) is 7.01. The summed E-state index contributed by atoms with van der Waals surface area (Å²) in [7, 11) is 0. The molecule has 0 saturated heterocycles. The molecule has 1 heterocycles. The van der Waals surface area contributed by atoms with Crippen molar-refractivity contribution in [2.24, 2.45) is 11.3 Å². The van der Waals surface area contributed by atoms with E-state index in [2.05, 4.69) is 10.3 Å². The van der Waals surface area contributed by atoms with Gasteiger partial charge in [0.1, 0.15) is 11.9 Å². The highest BCUT2D eigenvalue weighted by Crippen LogP contribution is 2.61. The van der Waals surface area contributed by atoms with E-state index < -0.39 is 0 Å². The van der Waals surface area contributed by atoms with Crippen LogP contribution < -0.4 is 11.1 Å². The highest BCUT2D eigenvalue weighted by atomic mass is 15.0. The quantitative estimate of drug-likeness (QED) is 0.827. The topological polar surface area (TPSA) is 74.7 Å². The Balaban J connectivity index is 1.67. The van der Waals surface area contributed by atoms with E-state index in [0.29, 0.717) is 16.7 Å². The van der Waals surface area contributed by atoms with Gasteiger partial charge in [-0.1, -0.05) is 0 Å². The highest BCUT2D eigenvalue weighted by molar-refractivity contribution is 5.63. The van der Waals surface area contributed by atoms with E-state index in [-0.39, 0.29) is 0 Å². The summed E-state index contributed by atoms with van der Waals surface area (Å²) in [6, 6.07) is 3.71. The van der Waals surface area contributed by atoms with Gasteiger partial charge in [-0.15, -0.1) is 0 Å². The molecule has 4 heteroatoms. The zero-order valence-electron chi connectivity index (χ0n) is 9.74. The molecule has 4 nitrogen and oxygen atoms in total. The van der Waals surface area contributed by atoms with Crippen molar-refractivity contribution in [2.45, 2.75) is 25.7 Å². The van der Waals surface area contributed by atoms with Crippen LogP contribution >= 0.6 is 0 Å². The minimum absolute atomic E-state index is 0.511. The van der Waals surface area contributed by atoms with E-state index in [1.165, 1.54) is 25.7 Å². The molecule has 0 bridgehead atoms. The van der Waals surface area contributed by atoms with E-state index in [0.717, 1.165) is 18.3 Å². The van der Waals surface area contributed by atoms with Gasteiger partial charge in [0.15, 0.2) is 0 Å². The number of nitrogen functional groups attached to an aromatic ring is 1. The average molecular weight is 228 g/mol. The first-order valence-electron chi connectivity index (χ1n) is 6.13. The summed E-state index contributed by atoms with van der Waals surface area (Å²) in [5.41, 5.74) is 7.47. The third kappa shape index (κ3) is 1.93. The first-order valence-corrected chi connectivity index (χ1v) is 6.13. The maximum Gasteiger partial charge on any atom is 0.149 e. The Morgan fingerprint density at radius 2 is 2.29 bits per heavy atom. The summed E-state index contributed by atoms with van der Waals surface area (Å²) >= 11 is 0. The standard InChI is InChI=1S/C13H16N4/c14-6-9-5-11(15)12(16-7-9)17-8-13(3-4-13)10-1-2-10/h5,7,10H,1-4,8,15H2,(H,16,17). The van der Waals surface area contributed by atoms with Crippen molar-refractivity contribution in [3.05, 3.63) is 17.8 Å². The van der Waals surface area contributed by atoms with Crippen LogP contribution in [-0.4, -0.2) is 11.5 Å². The Hall–Kier alpha value is -1.76. The van der Waals surface area contributed by atoms with Crippen molar-refractivity contribution in [1.29, 1.82) is 5.26 Å². The number of nitrogens with two attached hydrogens (primary N) is 1. The van der Waals surface area contributed by atoms with Crippen LogP contribution in [0.1, 0.15) is 31.2 Å². The van der Waals surface area contributed by atoms with Crippen LogP contribution in [0.3, 0.4) is 0 Å². The number of nitrogens with one attached hydrogen (secondary N) is 1. The summed E-state index contributed by atoms with van der Waals surface area (Å²) in [6.45, 7) is 0.973. The lowest BCUT2D eigenvalue weighted by Crippen LogP contribution is -2.18. The second kappa shape index (κ2) is 3.63. The fraction of sp³-hybridized carbons (Fsp3) is 0.538. The number of nitriles is 1. The van der Waals surface area contributed by atoms with Gasteiger partial charge in [-0.25, -0.2) is 4.98 Å². The van der Waals surface area contributed by atoms with Gasteiger partial charge in [0.05, 0.1) is 11.3 Å². The first kappa shape index (κ1) is 10.4. The molecule has 17 heavy (non-hydrogen) atoms. The Bertz CT molecular complexity index is 481. The van der Waals surface area contributed by atoms with Crippen LogP contribution in [0.2, 0.25) is 0 Å². The molecule has 2 aliphatic rings. The number of aromatic nitrogens is 1. The van der Waals surface area contributed by atoms with Crippen molar-refractivity contribution in [1.82, 2.24) is 4.98 Å². The fourth-order valence-electron chi connectivity index (χ4n) is 2.54. The van der Waals surface area contributed by atoms with E-state index in [9.17, 15) is 0 Å². The lowest BCUT2D eigenvalue weighted by atomic mass is 10.0. The molecule has 2 aliphatic carbocycles. The minimum atomic E-state index is 0.511. The molecule has 0 aromatic carbocycles. The molecule has 0 amide bonds. The molecule has 1 aromatic rings. The van der Waals surface area contributed by atoms with Gasteiger partial charge < -0.3 is 11.1 Å². The van der Waals surface area contributed by atoms with Gasteiger partial charge >= 0.3 is 0 Å². The molecule has 0 unspecified atom stereocenters.